The second-order valence-electron chi connectivity index (χ2n) is 6.97. The molecule has 2 aliphatic rings. The van der Waals surface area contributed by atoms with Gasteiger partial charge in [-0.25, -0.2) is 17.1 Å². The van der Waals surface area contributed by atoms with Crippen LogP contribution in [0.3, 0.4) is 0 Å². The largest absolute Gasteiger partial charge is 0.356 e. The summed E-state index contributed by atoms with van der Waals surface area (Å²) in [6, 6.07) is 6.74. The van der Waals surface area contributed by atoms with Gasteiger partial charge in [-0.05, 0) is 30.5 Å². The van der Waals surface area contributed by atoms with Gasteiger partial charge in [0.1, 0.15) is 5.82 Å². The minimum atomic E-state index is -3.23. The Morgan fingerprint density at radius 1 is 1.30 bits per heavy atom. The zero-order chi connectivity index (χ0) is 19.3. The van der Waals surface area contributed by atoms with E-state index in [-0.39, 0.29) is 17.0 Å². The van der Waals surface area contributed by atoms with Crippen LogP contribution in [-0.4, -0.2) is 69.2 Å². The maximum atomic E-state index is 13.5. The Bertz CT molecular complexity index is 775. The van der Waals surface area contributed by atoms with E-state index in [9.17, 15) is 12.8 Å². The zero-order valence-electron chi connectivity index (χ0n) is 15.6. The van der Waals surface area contributed by atoms with Gasteiger partial charge in [-0.15, -0.1) is 0 Å². The molecule has 1 heterocycles. The molecule has 150 valence electrons. The van der Waals surface area contributed by atoms with E-state index in [1.165, 1.54) is 6.07 Å². The minimum Gasteiger partial charge on any atom is -0.356 e. The number of benzene rings is 1. The number of sulfonamides is 1. The lowest BCUT2D eigenvalue weighted by Gasteiger charge is -2.25. The van der Waals surface area contributed by atoms with Gasteiger partial charge >= 0.3 is 0 Å². The summed E-state index contributed by atoms with van der Waals surface area (Å²) in [5.74, 6) is 2.12. The van der Waals surface area contributed by atoms with Crippen LogP contribution in [0.5, 0.6) is 0 Å². The third-order valence-electron chi connectivity index (χ3n) is 5.12. The van der Waals surface area contributed by atoms with Crippen molar-refractivity contribution in [1.82, 2.24) is 14.9 Å². The molecule has 2 fully saturated rings. The Morgan fingerprint density at radius 3 is 2.67 bits per heavy atom. The molecule has 2 N–H and O–H groups in total. The average Bonchev–Trinajstić information content (AvgIpc) is 3.46. The van der Waals surface area contributed by atoms with Crippen LogP contribution in [0.15, 0.2) is 29.3 Å². The van der Waals surface area contributed by atoms with Gasteiger partial charge in [0.05, 0.1) is 5.75 Å². The van der Waals surface area contributed by atoms with Crippen LogP contribution in [0.2, 0.25) is 0 Å². The van der Waals surface area contributed by atoms with E-state index in [0.717, 1.165) is 29.9 Å². The van der Waals surface area contributed by atoms with Crippen LogP contribution in [0.4, 0.5) is 4.39 Å². The predicted octanol–water partition coefficient (Wildman–Crippen LogP) is 1.40. The van der Waals surface area contributed by atoms with Gasteiger partial charge in [0.25, 0.3) is 0 Å². The molecule has 1 aromatic rings. The van der Waals surface area contributed by atoms with Crippen molar-refractivity contribution in [2.24, 2.45) is 4.99 Å². The predicted molar refractivity (Wildman–Crippen MR) is 109 cm³/mol. The summed E-state index contributed by atoms with van der Waals surface area (Å²) >= 11 is 1.79. The smallest absolute Gasteiger partial charge is 0.215 e. The first-order valence-corrected chi connectivity index (χ1v) is 12.0. The summed E-state index contributed by atoms with van der Waals surface area (Å²) in [6.45, 7) is 2.14. The topological polar surface area (TPSA) is 73.8 Å². The highest BCUT2D eigenvalue weighted by Gasteiger charge is 2.44. The number of thioether (sulfide) groups is 1. The first-order valence-electron chi connectivity index (χ1n) is 9.21. The Kier molecular flexibility index (Phi) is 6.65. The highest BCUT2D eigenvalue weighted by Crippen LogP contribution is 2.47. The lowest BCUT2D eigenvalue weighted by atomic mass is 9.96. The van der Waals surface area contributed by atoms with E-state index in [2.05, 4.69) is 15.6 Å². The van der Waals surface area contributed by atoms with Crippen molar-refractivity contribution < 1.29 is 12.8 Å². The maximum Gasteiger partial charge on any atom is 0.215 e. The number of hydrogen-bond acceptors (Lipinski definition) is 4. The van der Waals surface area contributed by atoms with Crippen LogP contribution in [0.25, 0.3) is 0 Å². The molecule has 0 atom stereocenters. The molecule has 1 aromatic carbocycles. The van der Waals surface area contributed by atoms with E-state index in [1.807, 2.05) is 6.07 Å². The van der Waals surface area contributed by atoms with Crippen molar-refractivity contribution in [3.63, 3.8) is 0 Å². The average molecular weight is 415 g/mol. The Hall–Kier alpha value is -1.32. The maximum absolute atomic E-state index is 13.5. The number of guanidine groups is 1. The van der Waals surface area contributed by atoms with Crippen molar-refractivity contribution in [3.05, 3.63) is 35.6 Å². The molecular weight excluding hydrogens is 387 g/mol. The quantitative estimate of drug-likeness (QED) is 0.521. The van der Waals surface area contributed by atoms with Gasteiger partial charge in [0, 0.05) is 50.1 Å². The number of nitrogens with one attached hydrogen (secondary N) is 2. The fraction of sp³-hybridized carbons (Fsp3) is 0.611. The molecule has 1 aliphatic carbocycles. The summed E-state index contributed by atoms with van der Waals surface area (Å²) < 4.78 is 39.8. The van der Waals surface area contributed by atoms with E-state index >= 15 is 0 Å². The molecule has 1 aliphatic heterocycles. The summed E-state index contributed by atoms with van der Waals surface area (Å²) in [4.78, 5) is 4.17. The van der Waals surface area contributed by atoms with Crippen molar-refractivity contribution >= 4 is 27.7 Å². The van der Waals surface area contributed by atoms with Gasteiger partial charge in [-0.2, -0.15) is 11.8 Å². The monoisotopic (exact) mass is 414 g/mol. The lowest BCUT2D eigenvalue weighted by molar-refractivity contribution is 0.443. The second-order valence-corrected chi connectivity index (χ2v) is 10.3. The van der Waals surface area contributed by atoms with Gasteiger partial charge in [0.15, 0.2) is 5.96 Å². The van der Waals surface area contributed by atoms with Crippen LogP contribution in [0, 0.1) is 5.82 Å². The first kappa shape index (κ1) is 20.4. The van der Waals surface area contributed by atoms with Gasteiger partial charge < -0.3 is 10.6 Å². The molecule has 6 nitrogen and oxygen atoms in total. The first-order chi connectivity index (χ1) is 13.0. The van der Waals surface area contributed by atoms with Crippen molar-refractivity contribution in [3.8, 4) is 0 Å². The molecule has 0 radical (unpaired) electrons. The van der Waals surface area contributed by atoms with E-state index in [4.69, 9.17) is 0 Å². The summed E-state index contributed by atoms with van der Waals surface area (Å²) in [7, 11) is -1.57. The highest BCUT2D eigenvalue weighted by molar-refractivity contribution is 7.99. The van der Waals surface area contributed by atoms with Crippen molar-refractivity contribution in [2.45, 2.75) is 18.3 Å². The van der Waals surface area contributed by atoms with Crippen LogP contribution < -0.4 is 10.6 Å². The molecule has 0 amide bonds. The molecule has 0 unspecified atom stereocenters. The van der Waals surface area contributed by atoms with Crippen LogP contribution in [-0.2, 0) is 15.4 Å². The molecule has 1 saturated heterocycles. The normalized spacial score (nSPS) is 20.3. The number of rotatable bonds is 7. The Balaban J connectivity index is 1.47. The molecule has 0 spiro atoms. The third-order valence-corrected chi connectivity index (χ3v) is 7.94. The van der Waals surface area contributed by atoms with Gasteiger partial charge in [0.2, 0.25) is 10.0 Å². The summed E-state index contributed by atoms with van der Waals surface area (Å²) in [5.41, 5.74) is 0.938. The van der Waals surface area contributed by atoms with Gasteiger partial charge in [-0.3, -0.25) is 4.99 Å². The fourth-order valence-corrected chi connectivity index (χ4v) is 5.75. The van der Waals surface area contributed by atoms with Crippen LogP contribution in [0.1, 0.15) is 18.4 Å². The zero-order valence-corrected chi connectivity index (χ0v) is 17.2. The van der Waals surface area contributed by atoms with Crippen LogP contribution >= 0.6 is 11.8 Å². The van der Waals surface area contributed by atoms with E-state index in [1.54, 1.807) is 35.2 Å². The molecule has 0 aromatic heterocycles. The molecular formula is C18H27FN4O2S2. The number of hydrogen-bond donors (Lipinski definition) is 2. The number of nitrogens with zero attached hydrogens (tertiary/aromatic N) is 2. The lowest BCUT2D eigenvalue weighted by Crippen LogP contribution is -2.45. The minimum absolute atomic E-state index is 0.0490. The van der Waals surface area contributed by atoms with Crippen molar-refractivity contribution in [2.75, 3.05) is 50.5 Å². The molecule has 3 rings (SSSR count). The Labute approximate surface area is 165 Å². The third kappa shape index (κ3) is 5.36. The number of aliphatic imine (C=N–C) groups is 1. The van der Waals surface area contributed by atoms with Crippen molar-refractivity contribution in [1.29, 1.82) is 0 Å². The molecule has 0 bridgehead atoms. The molecule has 9 heteroatoms. The molecule has 1 saturated carbocycles. The SMILES string of the molecule is CN=C(NCCS(=O)(=O)N1CCSCC1)NCC1(c2cccc(F)c2)CC1. The standard InChI is InChI=1S/C18H27FN4O2S2/c1-20-17(21-7-12-27(24,25)23-8-10-26-11-9-23)22-14-18(5-6-18)15-3-2-4-16(19)13-15/h2-4,13H,5-12,14H2,1H3,(H2,20,21,22). The second kappa shape index (κ2) is 8.79. The van der Waals surface area contributed by atoms with Gasteiger partial charge in [-0.1, -0.05) is 12.1 Å². The number of halogens is 1. The Morgan fingerprint density at radius 2 is 2.04 bits per heavy atom. The fourth-order valence-electron chi connectivity index (χ4n) is 3.26. The van der Waals surface area contributed by atoms with E-state index < -0.39 is 10.0 Å². The molecule has 27 heavy (non-hydrogen) atoms. The van der Waals surface area contributed by atoms with E-state index in [0.29, 0.717) is 32.1 Å². The summed E-state index contributed by atoms with van der Waals surface area (Å²) in [5, 5.41) is 6.34. The highest BCUT2D eigenvalue weighted by atomic mass is 32.2. The summed E-state index contributed by atoms with van der Waals surface area (Å²) in [6.07, 6.45) is 2.00.